The molecule has 4 nitrogen and oxygen atoms in total. The maximum absolute atomic E-state index is 8.64. The van der Waals surface area contributed by atoms with Crippen molar-refractivity contribution in [3.8, 4) is 0 Å². The number of nitrogens with zero attached hydrogens (tertiary/aromatic N) is 1. The average Bonchev–Trinajstić information content (AvgIpc) is 2.33. The Kier molecular flexibility index (Phi) is 6.18. The van der Waals surface area contributed by atoms with Crippen molar-refractivity contribution in [3.63, 3.8) is 0 Å². The van der Waals surface area contributed by atoms with Crippen molar-refractivity contribution in [2.24, 2.45) is 4.99 Å². The Morgan fingerprint density at radius 2 is 2.29 bits per heavy atom. The van der Waals surface area contributed by atoms with E-state index in [9.17, 15) is 0 Å². The van der Waals surface area contributed by atoms with Gasteiger partial charge in [-0.25, -0.2) is 0 Å². The van der Waals surface area contributed by atoms with Gasteiger partial charge in [0, 0.05) is 17.1 Å². The summed E-state index contributed by atoms with van der Waals surface area (Å²) in [5.41, 5.74) is 0.876. The average molecular weight is 302 g/mol. The third kappa shape index (κ3) is 4.85. The largest absolute Gasteiger partial charge is 0.448 e. The number of aliphatic hydroxyl groups excluding tert-OH is 1. The zero-order valence-corrected chi connectivity index (χ0v) is 11.5. The minimum Gasteiger partial charge on any atom is -0.448 e. The summed E-state index contributed by atoms with van der Waals surface area (Å²) in [6.45, 7) is 1.98. The van der Waals surface area contributed by atoms with Crippen molar-refractivity contribution in [2.75, 3.05) is 20.3 Å². The lowest BCUT2D eigenvalue weighted by Gasteiger charge is -2.16. The highest BCUT2D eigenvalue weighted by atomic mass is 79.9. The predicted molar refractivity (Wildman–Crippen MR) is 70.2 cm³/mol. The zero-order chi connectivity index (χ0) is 12.7. The van der Waals surface area contributed by atoms with Gasteiger partial charge in [-0.2, -0.15) is 0 Å². The Bertz CT molecular complexity index is 382. The number of aliphatic hydroxyl groups is 1. The number of rotatable bonds is 5. The summed E-state index contributed by atoms with van der Waals surface area (Å²) >= 11 is 3.39. The summed E-state index contributed by atoms with van der Waals surface area (Å²) < 4.78 is 11.7. The van der Waals surface area contributed by atoms with E-state index in [-0.39, 0.29) is 13.2 Å². The fourth-order valence-corrected chi connectivity index (χ4v) is 1.68. The van der Waals surface area contributed by atoms with Gasteiger partial charge in [0.1, 0.15) is 0 Å². The van der Waals surface area contributed by atoms with Gasteiger partial charge >= 0.3 is 0 Å². The molecule has 0 saturated carbocycles. The van der Waals surface area contributed by atoms with Gasteiger partial charge in [0.25, 0.3) is 0 Å². The molecule has 0 radical (unpaired) electrons. The van der Waals surface area contributed by atoms with Crippen LogP contribution < -0.4 is 0 Å². The van der Waals surface area contributed by atoms with E-state index >= 15 is 0 Å². The molecular weight excluding hydrogens is 286 g/mol. The molecule has 0 aliphatic rings. The van der Waals surface area contributed by atoms with Crippen LogP contribution in [0.1, 0.15) is 12.5 Å². The lowest BCUT2D eigenvalue weighted by atomic mass is 10.2. The van der Waals surface area contributed by atoms with Crippen molar-refractivity contribution in [2.45, 2.75) is 13.2 Å². The summed E-state index contributed by atoms with van der Waals surface area (Å²) in [6, 6.07) is 7.67. The van der Waals surface area contributed by atoms with E-state index in [0.717, 1.165) is 10.0 Å². The molecule has 0 bridgehead atoms. The highest BCUT2D eigenvalue weighted by Crippen LogP contribution is 2.14. The molecule has 5 heteroatoms. The van der Waals surface area contributed by atoms with Crippen LogP contribution in [0.4, 0.5) is 0 Å². The quantitative estimate of drug-likeness (QED) is 0.515. The van der Waals surface area contributed by atoms with Crippen molar-refractivity contribution in [3.05, 3.63) is 34.3 Å². The Labute approximate surface area is 109 Å². The smallest absolute Gasteiger partial charge is 0.218 e. The van der Waals surface area contributed by atoms with E-state index in [1.807, 2.05) is 24.3 Å². The lowest BCUT2D eigenvalue weighted by Crippen LogP contribution is -2.20. The molecule has 94 valence electrons. The summed E-state index contributed by atoms with van der Waals surface area (Å²) in [5.74, 6) is 0.511. The van der Waals surface area contributed by atoms with E-state index in [0.29, 0.717) is 5.90 Å². The molecule has 0 spiro atoms. The fourth-order valence-electron chi connectivity index (χ4n) is 1.28. The topological polar surface area (TPSA) is 51.0 Å². The molecule has 1 aromatic rings. The first kappa shape index (κ1) is 14.2. The van der Waals surface area contributed by atoms with Gasteiger partial charge in [-0.15, -0.1) is 0 Å². The van der Waals surface area contributed by atoms with Crippen molar-refractivity contribution in [1.29, 1.82) is 0 Å². The first-order chi connectivity index (χ1) is 8.17. The minimum atomic E-state index is -0.445. The molecule has 1 aromatic carbocycles. The van der Waals surface area contributed by atoms with Gasteiger partial charge in [-0.1, -0.05) is 22.0 Å². The second-order valence-corrected chi connectivity index (χ2v) is 4.23. The van der Waals surface area contributed by atoms with Gasteiger partial charge < -0.3 is 14.6 Å². The van der Waals surface area contributed by atoms with E-state index in [2.05, 4.69) is 20.9 Å². The molecule has 17 heavy (non-hydrogen) atoms. The summed E-state index contributed by atoms with van der Waals surface area (Å²) in [4.78, 5) is 4.08. The van der Waals surface area contributed by atoms with Gasteiger partial charge in [0.15, 0.2) is 6.29 Å². The van der Waals surface area contributed by atoms with E-state index in [4.69, 9.17) is 14.6 Å². The van der Waals surface area contributed by atoms with Crippen LogP contribution in [0, 0.1) is 0 Å². The normalized spacial score (nSPS) is 13.5. The maximum atomic E-state index is 8.64. The van der Waals surface area contributed by atoms with Gasteiger partial charge in [-0.3, -0.25) is 4.99 Å². The molecule has 0 aliphatic heterocycles. The predicted octanol–water partition coefficient (Wildman–Crippen LogP) is 2.20. The number of hydrogen-bond donors (Lipinski definition) is 1. The van der Waals surface area contributed by atoms with Crippen LogP contribution in [-0.2, 0) is 9.47 Å². The Balaban J connectivity index is 2.66. The number of ether oxygens (including phenoxy) is 2. The number of hydrogen-bond acceptors (Lipinski definition) is 4. The van der Waals surface area contributed by atoms with E-state index < -0.39 is 6.29 Å². The highest BCUT2D eigenvalue weighted by molar-refractivity contribution is 9.10. The van der Waals surface area contributed by atoms with Crippen molar-refractivity contribution >= 4 is 21.8 Å². The van der Waals surface area contributed by atoms with Crippen LogP contribution in [-0.4, -0.2) is 37.6 Å². The molecule has 1 atom stereocenters. The second-order valence-electron chi connectivity index (χ2n) is 3.32. The molecule has 0 aromatic heterocycles. The third-order valence-electron chi connectivity index (χ3n) is 2.00. The monoisotopic (exact) mass is 301 g/mol. The molecule has 1 N–H and O–H groups in total. The van der Waals surface area contributed by atoms with Gasteiger partial charge in [0.05, 0.1) is 13.2 Å². The molecule has 0 heterocycles. The van der Waals surface area contributed by atoms with Crippen LogP contribution >= 0.6 is 15.9 Å². The SMILES string of the molecule is CN=C(OC(C)OCCO)c1cccc(Br)c1. The third-order valence-corrected chi connectivity index (χ3v) is 2.49. The number of benzene rings is 1. The lowest BCUT2D eigenvalue weighted by molar-refractivity contribution is -0.0833. The van der Waals surface area contributed by atoms with Gasteiger partial charge in [-0.05, 0) is 25.1 Å². The molecule has 0 aliphatic carbocycles. The van der Waals surface area contributed by atoms with Gasteiger partial charge in [0.2, 0.25) is 5.90 Å². The van der Waals surface area contributed by atoms with E-state index in [1.54, 1.807) is 14.0 Å². The maximum Gasteiger partial charge on any atom is 0.218 e. The molecule has 0 saturated heterocycles. The highest BCUT2D eigenvalue weighted by Gasteiger charge is 2.09. The van der Waals surface area contributed by atoms with Crippen molar-refractivity contribution < 1.29 is 14.6 Å². The molecule has 1 unspecified atom stereocenters. The van der Waals surface area contributed by atoms with Crippen LogP contribution in [0.25, 0.3) is 0 Å². The summed E-state index contributed by atoms with van der Waals surface area (Å²) in [6.07, 6.45) is -0.445. The van der Waals surface area contributed by atoms with Crippen molar-refractivity contribution in [1.82, 2.24) is 0 Å². The minimum absolute atomic E-state index is 0.0246. The second kappa shape index (κ2) is 7.42. The van der Waals surface area contributed by atoms with E-state index in [1.165, 1.54) is 0 Å². The zero-order valence-electron chi connectivity index (χ0n) is 9.89. The first-order valence-corrected chi connectivity index (χ1v) is 6.08. The number of halogens is 1. The number of aliphatic imine (C=N–C) groups is 1. The molecular formula is C12H16BrNO3. The van der Waals surface area contributed by atoms with Crippen LogP contribution in [0.3, 0.4) is 0 Å². The Hall–Kier alpha value is -0.910. The summed E-state index contributed by atoms with van der Waals surface area (Å²) in [5, 5.41) is 8.64. The molecule has 1 rings (SSSR count). The molecule has 0 amide bonds. The Morgan fingerprint density at radius 1 is 1.53 bits per heavy atom. The Morgan fingerprint density at radius 3 is 2.88 bits per heavy atom. The fraction of sp³-hybridized carbons (Fsp3) is 0.417. The van der Waals surface area contributed by atoms with Crippen LogP contribution in [0.15, 0.2) is 33.7 Å². The summed E-state index contributed by atoms with van der Waals surface area (Å²) in [7, 11) is 1.66. The first-order valence-electron chi connectivity index (χ1n) is 5.29. The molecule has 0 fully saturated rings. The van der Waals surface area contributed by atoms with Crippen LogP contribution in [0.5, 0.6) is 0 Å². The van der Waals surface area contributed by atoms with Crippen LogP contribution in [0.2, 0.25) is 0 Å². The standard InChI is InChI=1S/C12H16BrNO3/c1-9(16-7-6-15)17-12(14-2)10-4-3-5-11(13)8-10/h3-5,8-9,15H,6-7H2,1-2H3.